The van der Waals surface area contributed by atoms with Gasteiger partial charge in [-0.3, -0.25) is 4.79 Å². The van der Waals surface area contributed by atoms with E-state index in [1.807, 2.05) is 75.4 Å². The van der Waals surface area contributed by atoms with Crippen LogP contribution in [0, 0.1) is 6.92 Å². The number of hydrogen-bond donors (Lipinski definition) is 1. The van der Waals surface area contributed by atoms with Crippen molar-refractivity contribution in [1.29, 1.82) is 0 Å². The molecule has 0 aliphatic carbocycles. The number of ether oxygens (including phenoxy) is 2. The monoisotopic (exact) mass is 378 g/mol. The van der Waals surface area contributed by atoms with E-state index in [2.05, 4.69) is 9.88 Å². The third-order valence-corrected chi connectivity index (χ3v) is 4.58. The van der Waals surface area contributed by atoms with Gasteiger partial charge in [-0.25, -0.2) is 0 Å². The Morgan fingerprint density at radius 2 is 1.57 bits per heavy atom. The van der Waals surface area contributed by atoms with Crippen LogP contribution in [0.25, 0.3) is 16.9 Å². The molecule has 0 spiro atoms. The summed E-state index contributed by atoms with van der Waals surface area (Å²) < 4.78 is 12.9. The van der Waals surface area contributed by atoms with E-state index in [-0.39, 0.29) is 11.9 Å². The van der Waals surface area contributed by atoms with E-state index >= 15 is 0 Å². The van der Waals surface area contributed by atoms with Gasteiger partial charge in [-0.15, -0.1) is 0 Å². The molecule has 0 saturated heterocycles. The molecular weight excluding hydrogens is 352 g/mol. The Morgan fingerprint density at radius 3 is 2.11 bits per heavy atom. The molecule has 0 aliphatic heterocycles. The van der Waals surface area contributed by atoms with E-state index < -0.39 is 0 Å². The van der Waals surface area contributed by atoms with Gasteiger partial charge < -0.3 is 19.4 Å². The first-order valence-corrected chi connectivity index (χ1v) is 9.26. The lowest BCUT2D eigenvalue weighted by atomic mass is 10.1. The van der Waals surface area contributed by atoms with Gasteiger partial charge in [0.25, 0.3) is 5.91 Å². The maximum Gasteiger partial charge on any atom is 0.253 e. The molecule has 1 N–H and O–H groups in total. The van der Waals surface area contributed by atoms with Crippen molar-refractivity contribution in [3.8, 4) is 28.4 Å². The highest BCUT2D eigenvalue weighted by atomic mass is 16.5. The predicted molar refractivity (Wildman–Crippen MR) is 112 cm³/mol. The maximum absolute atomic E-state index is 12.8. The Balaban J connectivity index is 2.24. The summed E-state index contributed by atoms with van der Waals surface area (Å²) in [6.45, 7) is 5.86. The fourth-order valence-electron chi connectivity index (χ4n) is 3.25. The quantitative estimate of drug-likeness (QED) is 0.682. The van der Waals surface area contributed by atoms with E-state index in [4.69, 9.17) is 9.47 Å². The maximum atomic E-state index is 12.8. The van der Waals surface area contributed by atoms with Gasteiger partial charge in [0.1, 0.15) is 11.5 Å². The number of rotatable bonds is 6. The number of methoxy groups -OCH3 is 2. The van der Waals surface area contributed by atoms with Crippen LogP contribution in [0.15, 0.2) is 54.6 Å². The molecule has 0 radical (unpaired) electrons. The number of carbonyl (C=O) groups excluding carboxylic acids is 1. The zero-order valence-corrected chi connectivity index (χ0v) is 16.9. The van der Waals surface area contributed by atoms with Crippen molar-refractivity contribution in [2.45, 2.75) is 26.8 Å². The van der Waals surface area contributed by atoms with Crippen molar-refractivity contribution >= 4 is 5.91 Å². The van der Waals surface area contributed by atoms with Crippen LogP contribution in [0.4, 0.5) is 0 Å². The lowest BCUT2D eigenvalue weighted by Gasteiger charge is -2.15. The zero-order valence-electron chi connectivity index (χ0n) is 16.9. The van der Waals surface area contributed by atoms with E-state index in [1.165, 1.54) is 0 Å². The van der Waals surface area contributed by atoms with Gasteiger partial charge in [-0.05, 0) is 32.4 Å². The summed E-state index contributed by atoms with van der Waals surface area (Å²) in [5, 5.41) is 2.99. The van der Waals surface area contributed by atoms with E-state index in [9.17, 15) is 4.79 Å². The van der Waals surface area contributed by atoms with Crippen LogP contribution in [0.1, 0.15) is 29.9 Å². The topological polar surface area (TPSA) is 52.5 Å². The van der Waals surface area contributed by atoms with Gasteiger partial charge in [0.05, 0.1) is 31.2 Å². The summed E-state index contributed by atoms with van der Waals surface area (Å²) in [6, 6.07) is 17.7. The lowest BCUT2D eigenvalue weighted by Crippen LogP contribution is -2.30. The molecule has 3 aromatic rings. The van der Waals surface area contributed by atoms with Gasteiger partial charge in [-0.1, -0.05) is 30.3 Å². The van der Waals surface area contributed by atoms with Crippen molar-refractivity contribution < 1.29 is 14.3 Å². The highest BCUT2D eigenvalue weighted by molar-refractivity contribution is 5.97. The molecule has 2 aromatic carbocycles. The van der Waals surface area contributed by atoms with E-state index in [0.717, 1.165) is 22.6 Å². The second-order valence-electron chi connectivity index (χ2n) is 6.93. The molecule has 1 amide bonds. The van der Waals surface area contributed by atoms with Crippen LogP contribution in [0.3, 0.4) is 0 Å². The molecule has 5 heteroatoms. The van der Waals surface area contributed by atoms with Gasteiger partial charge in [-0.2, -0.15) is 0 Å². The SMILES string of the molecule is COc1cc(OC)cc(-n2c(-c3ccccc3)cc(C(=O)NC(C)C)c2C)c1. The first-order chi connectivity index (χ1) is 13.4. The molecular formula is C23H26N2O3. The average Bonchev–Trinajstić information content (AvgIpc) is 3.05. The molecule has 3 rings (SSSR count). The van der Waals surface area contributed by atoms with Gasteiger partial charge in [0, 0.05) is 29.9 Å². The van der Waals surface area contributed by atoms with Crippen LogP contribution in [-0.2, 0) is 0 Å². The molecule has 146 valence electrons. The minimum Gasteiger partial charge on any atom is -0.497 e. The fourth-order valence-corrected chi connectivity index (χ4v) is 3.25. The number of amides is 1. The number of nitrogens with one attached hydrogen (secondary N) is 1. The number of carbonyl (C=O) groups is 1. The second-order valence-corrected chi connectivity index (χ2v) is 6.93. The summed E-state index contributed by atoms with van der Waals surface area (Å²) in [6.07, 6.45) is 0. The molecule has 0 unspecified atom stereocenters. The smallest absolute Gasteiger partial charge is 0.253 e. The largest absolute Gasteiger partial charge is 0.497 e. The minimum absolute atomic E-state index is 0.0624. The zero-order chi connectivity index (χ0) is 20.3. The molecule has 28 heavy (non-hydrogen) atoms. The molecule has 0 atom stereocenters. The summed E-state index contributed by atoms with van der Waals surface area (Å²) in [7, 11) is 3.25. The van der Waals surface area contributed by atoms with Gasteiger partial charge >= 0.3 is 0 Å². The third kappa shape index (κ3) is 3.88. The van der Waals surface area contributed by atoms with Crippen LogP contribution in [0.2, 0.25) is 0 Å². The fraction of sp³-hybridized carbons (Fsp3) is 0.261. The van der Waals surface area contributed by atoms with Crippen LogP contribution < -0.4 is 14.8 Å². The van der Waals surface area contributed by atoms with Gasteiger partial charge in [0.15, 0.2) is 0 Å². The first kappa shape index (κ1) is 19.5. The standard InChI is InChI=1S/C23H26N2O3/c1-15(2)24-23(26)21-14-22(17-9-7-6-8-10-17)25(16(21)3)18-11-19(27-4)13-20(12-18)28-5/h6-15H,1-5H3,(H,24,26). The predicted octanol–water partition coefficient (Wildman–Crippen LogP) is 4.61. The van der Waals surface area contributed by atoms with Crippen molar-refractivity contribution in [3.05, 3.63) is 65.9 Å². The molecule has 5 nitrogen and oxygen atoms in total. The van der Waals surface area contributed by atoms with Crippen molar-refractivity contribution in [3.63, 3.8) is 0 Å². The summed E-state index contributed by atoms with van der Waals surface area (Å²) in [5.74, 6) is 1.29. The molecule has 0 bridgehead atoms. The molecule has 0 fully saturated rings. The summed E-state index contributed by atoms with van der Waals surface area (Å²) in [5.41, 5.74) is 4.33. The minimum atomic E-state index is -0.0849. The normalized spacial score (nSPS) is 10.8. The van der Waals surface area contributed by atoms with Crippen LogP contribution in [-0.4, -0.2) is 30.7 Å². The van der Waals surface area contributed by atoms with Crippen molar-refractivity contribution in [2.75, 3.05) is 14.2 Å². The molecule has 1 heterocycles. The Kier molecular flexibility index (Phi) is 5.73. The number of benzene rings is 2. The number of hydrogen-bond acceptors (Lipinski definition) is 3. The van der Waals surface area contributed by atoms with E-state index in [0.29, 0.717) is 17.1 Å². The number of aromatic nitrogens is 1. The Morgan fingerprint density at radius 1 is 0.964 bits per heavy atom. The molecule has 1 aromatic heterocycles. The van der Waals surface area contributed by atoms with Crippen LogP contribution in [0.5, 0.6) is 11.5 Å². The van der Waals surface area contributed by atoms with Crippen LogP contribution >= 0.6 is 0 Å². The second kappa shape index (κ2) is 8.21. The Labute approximate surface area is 165 Å². The highest BCUT2D eigenvalue weighted by Crippen LogP contribution is 2.33. The summed E-state index contributed by atoms with van der Waals surface area (Å²) in [4.78, 5) is 12.8. The summed E-state index contributed by atoms with van der Waals surface area (Å²) >= 11 is 0. The highest BCUT2D eigenvalue weighted by Gasteiger charge is 2.20. The van der Waals surface area contributed by atoms with Crippen molar-refractivity contribution in [2.24, 2.45) is 0 Å². The Hall–Kier alpha value is -3.21. The van der Waals surface area contributed by atoms with Gasteiger partial charge in [0.2, 0.25) is 0 Å². The van der Waals surface area contributed by atoms with Crippen molar-refractivity contribution in [1.82, 2.24) is 9.88 Å². The number of nitrogens with zero attached hydrogens (tertiary/aromatic N) is 1. The lowest BCUT2D eigenvalue weighted by molar-refractivity contribution is 0.0942. The molecule has 0 saturated carbocycles. The Bertz CT molecular complexity index is 953. The first-order valence-electron chi connectivity index (χ1n) is 9.26. The van der Waals surface area contributed by atoms with E-state index in [1.54, 1.807) is 14.2 Å². The molecule has 0 aliphatic rings. The average molecular weight is 378 g/mol. The third-order valence-electron chi connectivity index (χ3n) is 4.58.